The van der Waals surface area contributed by atoms with Gasteiger partial charge >= 0.3 is 0 Å². The first-order chi connectivity index (χ1) is 8.40. The van der Waals surface area contributed by atoms with Crippen LogP contribution < -0.4 is 0 Å². The molecule has 0 saturated heterocycles. The number of rotatable bonds is 6. The molecular weight excluding hydrogens is 208 g/mol. The summed E-state index contributed by atoms with van der Waals surface area (Å²) in [6.07, 6.45) is 9.05. The van der Waals surface area contributed by atoms with Crippen LogP contribution in [0, 0.1) is 0 Å². The van der Waals surface area contributed by atoms with Crippen molar-refractivity contribution >= 4 is 0 Å². The Hall–Kier alpha value is -1.83. The van der Waals surface area contributed by atoms with Crippen LogP contribution in [0.3, 0.4) is 0 Å². The average Bonchev–Trinajstić information content (AvgIpc) is 2.79. The minimum Gasteiger partial charge on any atom is -0.331 e. The highest BCUT2D eigenvalue weighted by Crippen LogP contribution is 2.07. The molecule has 0 unspecified atom stereocenters. The Morgan fingerprint density at radius 1 is 1.18 bits per heavy atom. The zero-order chi connectivity index (χ0) is 11.9. The van der Waals surface area contributed by atoms with Crippen LogP contribution in [0.4, 0.5) is 0 Å². The highest BCUT2D eigenvalue weighted by Gasteiger charge is 2.01. The van der Waals surface area contributed by atoms with E-state index in [1.54, 1.807) is 0 Å². The van der Waals surface area contributed by atoms with Crippen LogP contribution in [-0.4, -0.2) is 9.55 Å². The first-order valence-corrected chi connectivity index (χ1v) is 6.05. The Labute approximate surface area is 103 Å². The van der Waals surface area contributed by atoms with Crippen LogP contribution >= 0.6 is 0 Å². The molecule has 0 bridgehead atoms. The van der Waals surface area contributed by atoms with Crippen molar-refractivity contribution in [2.75, 3.05) is 0 Å². The van der Waals surface area contributed by atoms with Gasteiger partial charge in [-0.1, -0.05) is 36.4 Å². The van der Waals surface area contributed by atoms with Gasteiger partial charge in [0.2, 0.25) is 0 Å². The number of imidazole rings is 1. The number of aryl methyl sites for hydroxylation is 2. The molecule has 0 atom stereocenters. The van der Waals surface area contributed by atoms with Gasteiger partial charge in [-0.3, -0.25) is 0 Å². The number of hydrogen-bond donors (Lipinski definition) is 0. The molecule has 0 aliphatic rings. The second-order valence-electron chi connectivity index (χ2n) is 4.12. The van der Waals surface area contributed by atoms with Crippen molar-refractivity contribution in [2.45, 2.75) is 25.8 Å². The van der Waals surface area contributed by atoms with Crippen molar-refractivity contribution < 1.29 is 0 Å². The predicted molar refractivity (Wildman–Crippen MR) is 70.9 cm³/mol. The number of allylic oxidation sites excluding steroid dienone is 1. The zero-order valence-electron chi connectivity index (χ0n) is 10.0. The van der Waals surface area contributed by atoms with Crippen LogP contribution in [0.2, 0.25) is 0 Å². The van der Waals surface area contributed by atoms with E-state index in [2.05, 4.69) is 46.5 Å². The Kier molecular flexibility index (Phi) is 4.14. The maximum atomic E-state index is 4.38. The standard InChI is InChI=1S/C15H18N2/c1-2-12-17-13-11-16-15(17)10-6-9-14-7-4-3-5-8-14/h2-5,7-8,11,13H,1,6,9-10,12H2. The first-order valence-electron chi connectivity index (χ1n) is 6.05. The van der Waals surface area contributed by atoms with Crippen molar-refractivity contribution in [3.8, 4) is 0 Å². The van der Waals surface area contributed by atoms with Crippen LogP contribution in [-0.2, 0) is 19.4 Å². The van der Waals surface area contributed by atoms with E-state index < -0.39 is 0 Å². The summed E-state index contributed by atoms with van der Waals surface area (Å²) in [6.45, 7) is 4.60. The topological polar surface area (TPSA) is 17.8 Å². The van der Waals surface area contributed by atoms with Gasteiger partial charge in [-0.2, -0.15) is 0 Å². The average molecular weight is 226 g/mol. The summed E-state index contributed by atoms with van der Waals surface area (Å²) in [5.74, 6) is 1.15. The molecule has 0 aliphatic carbocycles. The molecule has 2 nitrogen and oxygen atoms in total. The van der Waals surface area contributed by atoms with Crippen LogP contribution in [0.5, 0.6) is 0 Å². The maximum Gasteiger partial charge on any atom is 0.108 e. The molecule has 88 valence electrons. The fourth-order valence-electron chi connectivity index (χ4n) is 1.97. The van der Waals surface area contributed by atoms with Gasteiger partial charge in [-0.05, 0) is 18.4 Å². The van der Waals surface area contributed by atoms with Gasteiger partial charge in [0.25, 0.3) is 0 Å². The normalized spacial score (nSPS) is 10.4. The van der Waals surface area contributed by atoms with E-state index in [1.165, 1.54) is 5.56 Å². The number of hydrogen-bond acceptors (Lipinski definition) is 1. The minimum absolute atomic E-state index is 0.848. The van der Waals surface area contributed by atoms with Crippen LogP contribution in [0.1, 0.15) is 17.8 Å². The van der Waals surface area contributed by atoms with E-state index in [1.807, 2.05) is 18.5 Å². The number of nitrogens with zero attached hydrogens (tertiary/aromatic N) is 2. The van der Waals surface area contributed by atoms with E-state index in [4.69, 9.17) is 0 Å². The monoisotopic (exact) mass is 226 g/mol. The summed E-state index contributed by atoms with van der Waals surface area (Å²) in [5.41, 5.74) is 1.40. The third-order valence-corrected chi connectivity index (χ3v) is 2.84. The SMILES string of the molecule is C=CCn1ccnc1CCCc1ccccc1. The van der Waals surface area contributed by atoms with Gasteiger partial charge in [-0.25, -0.2) is 4.98 Å². The predicted octanol–water partition coefficient (Wildman–Crippen LogP) is 3.24. The van der Waals surface area contributed by atoms with Gasteiger partial charge in [0.05, 0.1) is 0 Å². The summed E-state index contributed by atoms with van der Waals surface area (Å²) in [6, 6.07) is 10.6. The van der Waals surface area contributed by atoms with Crippen molar-refractivity contribution in [3.63, 3.8) is 0 Å². The summed E-state index contributed by atoms with van der Waals surface area (Å²) < 4.78 is 2.15. The van der Waals surface area contributed by atoms with Gasteiger partial charge < -0.3 is 4.57 Å². The van der Waals surface area contributed by atoms with E-state index in [-0.39, 0.29) is 0 Å². The molecule has 1 aromatic carbocycles. The Morgan fingerprint density at radius 2 is 2.00 bits per heavy atom. The van der Waals surface area contributed by atoms with Crippen molar-refractivity contribution in [1.29, 1.82) is 0 Å². The van der Waals surface area contributed by atoms with Gasteiger partial charge in [-0.15, -0.1) is 6.58 Å². The molecule has 0 amide bonds. The largest absolute Gasteiger partial charge is 0.331 e. The highest BCUT2D eigenvalue weighted by molar-refractivity contribution is 5.14. The summed E-state index contributed by atoms with van der Waals surface area (Å²) in [7, 11) is 0. The molecule has 0 saturated carbocycles. The van der Waals surface area contributed by atoms with Gasteiger partial charge in [0.1, 0.15) is 5.82 Å². The number of aromatic nitrogens is 2. The molecule has 2 aromatic rings. The number of benzene rings is 1. The second-order valence-corrected chi connectivity index (χ2v) is 4.12. The molecule has 1 aromatic heterocycles. The third kappa shape index (κ3) is 3.31. The fourth-order valence-corrected chi connectivity index (χ4v) is 1.97. The third-order valence-electron chi connectivity index (χ3n) is 2.84. The van der Waals surface area contributed by atoms with Gasteiger partial charge in [0, 0.05) is 25.4 Å². The smallest absolute Gasteiger partial charge is 0.108 e. The Bertz CT molecular complexity index is 457. The molecular formula is C15H18N2. The molecule has 0 fully saturated rings. The lowest BCUT2D eigenvalue weighted by Gasteiger charge is -2.05. The summed E-state index contributed by atoms with van der Waals surface area (Å²) in [4.78, 5) is 4.38. The summed E-state index contributed by atoms with van der Waals surface area (Å²) >= 11 is 0. The maximum absolute atomic E-state index is 4.38. The van der Waals surface area contributed by atoms with E-state index in [0.717, 1.165) is 31.6 Å². The molecule has 0 N–H and O–H groups in total. The first kappa shape index (κ1) is 11.6. The molecule has 1 heterocycles. The molecule has 0 spiro atoms. The Balaban J connectivity index is 1.86. The molecule has 2 rings (SSSR count). The van der Waals surface area contributed by atoms with Crippen LogP contribution in [0.15, 0.2) is 55.4 Å². The van der Waals surface area contributed by atoms with E-state index in [0.29, 0.717) is 0 Å². The quantitative estimate of drug-likeness (QED) is 0.691. The lowest BCUT2D eigenvalue weighted by molar-refractivity contribution is 0.694. The van der Waals surface area contributed by atoms with Crippen molar-refractivity contribution in [3.05, 3.63) is 66.8 Å². The highest BCUT2D eigenvalue weighted by atomic mass is 15.0. The summed E-state index contributed by atoms with van der Waals surface area (Å²) in [5, 5.41) is 0. The van der Waals surface area contributed by atoms with Crippen molar-refractivity contribution in [2.24, 2.45) is 0 Å². The lowest BCUT2D eigenvalue weighted by atomic mass is 10.1. The molecule has 2 heteroatoms. The van der Waals surface area contributed by atoms with Crippen LogP contribution in [0.25, 0.3) is 0 Å². The zero-order valence-corrected chi connectivity index (χ0v) is 10.0. The van der Waals surface area contributed by atoms with E-state index >= 15 is 0 Å². The second kappa shape index (κ2) is 6.04. The molecule has 0 radical (unpaired) electrons. The van der Waals surface area contributed by atoms with Crippen molar-refractivity contribution in [1.82, 2.24) is 9.55 Å². The minimum atomic E-state index is 0.848. The lowest BCUT2D eigenvalue weighted by Crippen LogP contribution is -2.02. The molecule has 17 heavy (non-hydrogen) atoms. The fraction of sp³-hybridized carbons (Fsp3) is 0.267. The van der Waals surface area contributed by atoms with E-state index in [9.17, 15) is 0 Å². The van der Waals surface area contributed by atoms with Gasteiger partial charge in [0.15, 0.2) is 0 Å². The Morgan fingerprint density at radius 3 is 2.76 bits per heavy atom. The molecule has 0 aliphatic heterocycles.